The van der Waals surface area contributed by atoms with Gasteiger partial charge in [-0.25, -0.2) is 4.98 Å². The zero-order valence-electron chi connectivity index (χ0n) is 14.7. The summed E-state index contributed by atoms with van der Waals surface area (Å²) in [6.45, 7) is -0.805. The number of hydrogen-bond acceptors (Lipinski definition) is 4. The van der Waals surface area contributed by atoms with Gasteiger partial charge in [0, 0.05) is 18.8 Å². The zero-order chi connectivity index (χ0) is 19.4. The number of likely N-dealkylation sites (tertiary alicyclic amines) is 1. The fourth-order valence-electron chi connectivity index (χ4n) is 3.10. The standard InChI is InChI=1S/C19H19F3N2O3/c1-26-15-7-4-13(5-8-15)16-3-2-10-24(16)18(25)14-6-9-17(23-11-14)27-12-19(20,21)22/h4-9,11,16H,2-3,10,12H2,1H3. The summed E-state index contributed by atoms with van der Waals surface area (Å²) < 4.78 is 46.3. The van der Waals surface area contributed by atoms with E-state index in [0.29, 0.717) is 12.1 Å². The molecular weight excluding hydrogens is 361 g/mol. The van der Waals surface area contributed by atoms with Crippen LogP contribution in [0.5, 0.6) is 11.6 Å². The van der Waals surface area contributed by atoms with E-state index in [9.17, 15) is 18.0 Å². The average molecular weight is 380 g/mol. The van der Waals surface area contributed by atoms with Crippen LogP contribution in [0.25, 0.3) is 0 Å². The minimum Gasteiger partial charge on any atom is -0.497 e. The number of halogens is 3. The van der Waals surface area contributed by atoms with Gasteiger partial charge in [0.25, 0.3) is 5.91 Å². The van der Waals surface area contributed by atoms with Gasteiger partial charge in [0.2, 0.25) is 5.88 Å². The van der Waals surface area contributed by atoms with Crippen molar-refractivity contribution < 1.29 is 27.4 Å². The third-order valence-electron chi connectivity index (χ3n) is 4.38. The maximum absolute atomic E-state index is 12.8. The van der Waals surface area contributed by atoms with E-state index >= 15 is 0 Å². The lowest BCUT2D eigenvalue weighted by atomic mass is 10.0. The van der Waals surface area contributed by atoms with Gasteiger partial charge in [0.05, 0.1) is 18.7 Å². The van der Waals surface area contributed by atoms with Gasteiger partial charge in [-0.05, 0) is 36.6 Å². The van der Waals surface area contributed by atoms with Crippen LogP contribution >= 0.6 is 0 Å². The molecule has 27 heavy (non-hydrogen) atoms. The van der Waals surface area contributed by atoms with Gasteiger partial charge in [-0.2, -0.15) is 13.2 Å². The zero-order valence-corrected chi connectivity index (χ0v) is 14.7. The predicted molar refractivity (Wildman–Crippen MR) is 91.8 cm³/mol. The van der Waals surface area contributed by atoms with E-state index < -0.39 is 12.8 Å². The van der Waals surface area contributed by atoms with Gasteiger partial charge in [0.1, 0.15) is 5.75 Å². The molecule has 0 N–H and O–H groups in total. The molecule has 1 aliphatic heterocycles. The van der Waals surface area contributed by atoms with Crippen LogP contribution < -0.4 is 9.47 Å². The molecule has 144 valence electrons. The van der Waals surface area contributed by atoms with Crippen LogP contribution in [0.2, 0.25) is 0 Å². The van der Waals surface area contributed by atoms with Gasteiger partial charge < -0.3 is 14.4 Å². The van der Waals surface area contributed by atoms with Gasteiger partial charge in [-0.15, -0.1) is 0 Å². The van der Waals surface area contributed by atoms with E-state index in [4.69, 9.17) is 4.74 Å². The van der Waals surface area contributed by atoms with Crippen molar-refractivity contribution in [3.8, 4) is 11.6 Å². The van der Waals surface area contributed by atoms with Crippen molar-refractivity contribution >= 4 is 5.91 Å². The Morgan fingerprint density at radius 2 is 1.96 bits per heavy atom. The molecule has 1 atom stereocenters. The number of nitrogens with zero attached hydrogens (tertiary/aromatic N) is 2. The highest BCUT2D eigenvalue weighted by Crippen LogP contribution is 2.34. The quantitative estimate of drug-likeness (QED) is 0.787. The summed E-state index contributed by atoms with van der Waals surface area (Å²) in [6.07, 6.45) is -1.46. The maximum atomic E-state index is 12.8. The number of ether oxygens (including phenoxy) is 2. The van der Waals surface area contributed by atoms with Crippen molar-refractivity contribution in [1.29, 1.82) is 0 Å². The van der Waals surface area contributed by atoms with Crippen molar-refractivity contribution in [3.63, 3.8) is 0 Å². The molecular formula is C19H19F3N2O3. The first-order valence-electron chi connectivity index (χ1n) is 8.48. The molecule has 1 aliphatic rings. The Kier molecular flexibility index (Phi) is 5.53. The number of amides is 1. The summed E-state index contributed by atoms with van der Waals surface area (Å²) in [7, 11) is 1.59. The molecule has 0 bridgehead atoms. The van der Waals surface area contributed by atoms with Crippen LogP contribution in [-0.2, 0) is 0 Å². The van der Waals surface area contributed by atoms with Crippen molar-refractivity contribution in [2.24, 2.45) is 0 Å². The number of rotatable bonds is 5. The fraction of sp³-hybridized carbons (Fsp3) is 0.368. The number of alkyl halides is 3. The number of hydrogen-bond donors (Lipinski definition) is 0. The Hall–Kier alpha value is -2.77. The van der Waals surface area contributed by atoms with Crippen LogP contribution in [0.15, 0.2) is 42.6 Å². The van der Waals surface area contributed by atoms with E-state index in [-0.39, 0.29) is 17.8 Å². The van der Waals surface area contributed by atoms with Crippen molar-refractivity contribution in [2.75, 3.05) is 20.3 Å². The molecule has 5 nitrogen and oxygen atoms in total. The van der Waals surface area contributed by atoms with E-state index in [2.05, 4.69) is 9.72 Å². The Labute approximate surface area is 154 Å². The minimum atomic E-state index is -4.43. The molecule has 0 radical (unpaired) electrons. The lowest BCUT2D eigenvalue weighted by Gasteiger charge is -2.25. The number of carbonyl (C=O) groups is 1. The summed E-state index contributed by atoms with van der Waals surface area (Å²) in [5.41, 5.74) is 1.33. The molecule has 1 fully saturated rings. The number of aromatic nitrogens is 1. The van der Waals surface area contributed by atoms with Crippen LogP contribution in [0.3, 0.4) is 0 Å². The maximum Gasteiger partial charge on any atom is 0.422 e. The molecule has 1 unspecified atom stereocenters. The molecule has 0 saturated carbocycles. The highest BCUT2D eigenvalue weighted by molar-refractivity contribution is 5.94. The molecule has 1 saturated heterocycles. The Bertz CT molecular complexity index is 776. The first kappa shape index (κ1) is 19.0. The minimum absolute atomic E-state index is 0.0513. The van der Waals surface area contributed by atoms with E-state index in [1.807, 2.05) is 24.3 Å². The molecule has 2 heterocycles. The number of benzene rings is 1. The monoisotopic (exact) mass is 380 g/mol. The summed E-state index contributed by atoms with van der Waals surface area (Å²) in [5.74, 6) is 0.369. The van der Waals surface area contributed by atoms with Crippen LogP contribution in [0.1, 0.15) is 34.8 Å². The lowest BCUT2D eigenvalue weighted by Crippen LogP contribution is -2.30. The molecule has 8 heteroatoms. The van der Waals surface area contributed by atoms with E-state index in [0.717, 1.165) is 24.2 Å². The van der Waals surface area contributed by atoms with Gasteiger partial charge in [0.15, 0.2) is 6.61 Å². The first-order valence-corrected chi connectivity index (χ1v) is 8.48. The normalized spacial score (nSPS) is 17.0. The summed E-state index contributed by atoms with van der Waals surface area (Å²) in [4.78, 5) is 18.4. The van der Waals surface area contributed by atoms with Crippen LogP contribution in [0.4, 0.5) is 13.2 Å². The average Bonchev–Trinajstić information content (AvgIpc) is 3.15. The summed E-state index contributed by atoms with van der Waals surface area (Å²) in [6, 6.07) is 10.2. The second-order valence-corrected chi connectivity index (χ2v) is 6.22. The molecule has 1 aromatic carbocycles. The summed E-state index contributed by atoms with van der Waals surface area (Å²) in [5, 5.41) is 0. The highest BCUT2D eigenvalue weighted by atomic mass is 19.4. The van der Waals surface area contributed by atoms with Crippen molar-refractivity contribution in [3.05, 3.63) is 53.7 Å². The van der Waals surface area contributed by atoms with Crippen molar-refractivity contribution in [2.45, 2.75) is 25.1 Å². The van der Waals surface area contributed by atoms with E-state index in [1.54, 1.807) is 12.0 Å². The van der Waals surface area contributed by atoms with Crippen LogP contribution in [-0.4, -0.2) is 42.2 Å². The number of pyridine rings is 1. The third-order valence-corrected chi connectivity index (χ3v) is 4.38. The molecule has 2 aromatic rings. The Morgan fingerprint density at radius 1 is 1.22 bits per heavy atom. The van der Waals surface area contributed by atoms with Crippen LogP contribution in [0, 0.1) is 0 Å². The van der Waals surface area contributed by atoms with Gasteiger partial charge in [-0.3, -0.25) is 4.79 Å². The second kappa shape index (κ2) is 7.85. The van der Waals surface area contributed by atoms with E-state index in [1.165, 1.54) is 18.3 Å². The van der Waals surface area contributed by atoms with Crippen molar-refractivity contribution in [1.82, 2.24) is 9.88 Å². The lowest BCUT2D eigenvalue weighted by molar-refractivity contribution is -0.154. The first-order chi connectivity index (χ1) is 12.9. The number of carbonyl (C=O) groups excluding carboxylic acids is 1. The largest absolute Gasteiger partial charge is 0.497 e. The highest BCUT2D eigenvalue weighted by Gasteiger charge is 2.31. The summed E-state index contributed by atoms with van der Waals surface area (Å²) >= 11 is 0. The fourth-order valence-corrected chi connectivity index (χ4v) is 3.10. The molecule has 3 rings (SSSR count). The van der Waals surface area contributed by atoms with Gasteiger partial charge >= 0.3 is 6.18 Å². The second-order valence-electron chi connectivity index (χ2n) is 6.22. The predicted octanol–water partition coefficient (Wildman–Crippen LogP) is 4.01. The van der Waals surface area contributed by atoms with Gasteiger partial charge in [-0.1, -0.05) is 12.1 Å². The Morgan fingerprint density at radius 3 is 2.56 bits per heavy atom. The molecule has 1 aromatic heterocycles. The smallest absolute Gasteiger partial charge is 0.422 e. The Balaban J connectivity index is 1.70. The SMILES string of the molecule is COc1ccc(C2CCCN2C(=O)c2ccc(OCC(F)(F)F)nc2)cc1. The molecule has 0 spiro atoms. The third kappa shape index (κ3) is 4.69. The molecule has 1 amide bonds. The topological polar surface area (TPSA) is 51.7 Å². The number of methoxy groups -OCH3 is 1. The molecule has 0 aliphatic carbocycles.